The zero-order chi connectivity index (χ0) is 26.6. The molecule has 0 spiro atoms. The smallest absolute Gasteiger partial charge is 0.0181 e. The lowest BCUT2D eigenvalue weighted by Crippen LogP contribution is -2.47. The molecule has 0 saturated carbocycles. The second kappa shape index (κ2) is 28.0. The van der Waals surface area contributed by atoms with Gasteiger partial charge in [-0.25, -0.2) is 0 Å². The molecular formula is C35H73N. The van der Waals surface area contributed by atoms with Crippen molar-refractivity contribution >= 4 is 0 Å². The van der Waals surface area contributed by atoms with Crippen LogP contribution in [0.1, 0.15) is 208 Å². The summed E-state index contributed by atoms with van der Waals surface area (Å²) < 4.78 is 0. The Balaban J connectivity index is 4.90. The SMILES string of the molecule is CCCCCCCCCC(C)(CCCCCCCC)N(CCCCCCCC)CCCCCCCC. The third-order valence-electron chi connectivity index (χ3n) is 8.71. The van der Waals surface area contributed by atoms with E-state index in [4.69, 9.17) is 0 Å². The Bertz CT molecular complexity index is 389. The molecule has 0 aliphatic carbocycles. The van der Waals surface area contributed by atoms with Gasteiger partial charge in [0.15, 0.2) is 0 Å². The van der Waals surface area contributed by atoms with Crippen LogP contribution >= 0.6 is 0 Å². The maximum absolute atomic E-state index is 3.01. The molecule has 1 nitrogen and oxygen atoms in total. The highest BCUT2D eigenvalue weighted by Crippen LogP contribution is 2.31. The molecule has 0 aromatic heterocycles. The molecule has 0 aliphatic rings. The van der Waals surface area contributed by atoms with Crippen LogP contribution in [0.3, 0.4) is 0 Å². The molecule has 1 atom stereocenters. The summed E-state index contributed by atoms with van der Waals surface area (Å²) in [7, 11) is 0. The Morgan fingerprint density at radius 3 is 0.889 bits per heavy atom. The van der Waals surface area contributed by atoms with Gasteiger partial charge >= 0.3 is 0 Å². The molecule has 0 amide bonds. The van der Waals surface area contributed by atoms with E-state index < -0.39 is 0 Å². The van der Waals surface area contributed by atoms with Gasteiger partial charge in [-0.3, -0.25) is 4.90 Å². The highest BCUT2D eigenvalue weighted by Gasteiger charge is 2.30. The van der Waals surface area contributed by atoms with Gasteiger partial charge in [0, 0.05) is 5.54 Å². The third-order valence-corrected chi connectivity index (χ3v) is 8.71. The summed E-state index contributed by atoms with van der Waals surface area (Å²) in [4.78, 5) is 3.01. The molecule has 36 heavy (non-hydrogen) atoms. The normalized spacial score (nSPS) is 13.5. The van der Waals surface area contributed by atoms with Crippen molar-refractivity contribution in [2.24, 2.45) is 0 Å². The van der Waals surface area contributed by atoms with Crippen molar-refractivity contribution in [3.8, 4) is 0 Å². The fraction of sp³-hybridized carbons (Fsp3) is 1.00. The topological polar surface area (TPSA) is 3.24 Å². The van der Waals surface area contributed by atoms with E-state index in [-0.39, 0.29) is 0 Å². The van der Waals surface area contributed by atoms with Crippen LogP contribution < -0.4 is 0 Å². The maximum atomic E-state index is 3.01. The Kier molecular flexibility index (Phi) is 27.9. The van der Waals surface area contributed by atoms with Crippen LogP contribution in [0, 0.1) is 0 Å². The van der Waals surface area contributed by atoms with E-state index in [1.165, 1.54) is 186 Å². The number of hydrogen-bond acceptors (Lipinski definition) is 1. The van der Waals surface area contributed by atoms with Crippen molar-refractivity contribution in [2.45, 2.75) is 214 Å². The van der Waals surface area contributed by atoms with Gasteiger partial charge in [-0.15, -0.1) is 0 Å². The van der Waals surface area contributed by atoms with E-state index in [0.29, 0.717) is 5.54 Å². The summed E-state index contributed by atoms with van der Waals surface area (Å²) in [6, 6.07) is 0. The van der Waals surface area contributed by atoms with Crippen LogP contribution in [0.4, 0.5) is 0 Å². The van der Waals surface area contributed by atoms with Gasteiger partial charge in [-0.2, -0.15) is 0 Å². The van der Waals surface area contributed by atoms with Gasteiger partial charge in [0.1, 0.15) is 0 Å². The molecule has 0 rings (SSSR count). The minimum absolute atomic E-state index is 0.432. The van der Waals surface area contributed by atoms with Gasteiger partial charge in [-0.1, -0.05) is 175 Å². The second-order valence-corrected chi connectivity index (χ2v) is 12.4. The lowest BCUT2D eigenvalue weighted by atomic mass is 9.85. The predicted octanol–water partition coefficient (Wildman–Crippen LogP) is 12.7. The molecule has 1 unspecified atom stereocenters. The van der Waals surface area contributed by atoms with Crippen LogP contribution in [0.25, 0.3) is 0 Å². The van der Waals surface area contributed by atoms with Crippen LogP contribution in [0.15, 0.2) is 0 Å². The van der Waals surface area contributed by atoms with Crippen molar-refractivity contribution in [3.63, 3.8) is 0 Å². The Morgan fingerprint density at radius 2 is 0.583 bits per heavy atom. The molecule has 218 valence electrons. The van der Waals surface area contributed by atoms with E-state index in [1.807, 2.05) is 0 Å². The predicted molar refractivity (Wildman–Crippen MR) is 167 cm³/mol. The largest absolute Gasteiger partial charge is 0.298 e. The Hall–Kier alpha value is -0.0400. The van der Waals surface area contributed by atoms with Gasteiger partial charge in [0.25, 0.3) is 0 Å². The summed E-state index contributed by atoms with van der Waals surface area (Å²) in [6.45, 7) is 14.7. The first-order valence-corrected chi connectivity index (χ1v) is 17.4. The summed E-state index contributed by atoms with van der Waals surface area (Å²) in [5.41, 5.74) is 0.432. The van der Waals surface area contributed by atoms with Crippen molar-refractivity contribution in [1.29, 1.82) is 0 Å². The molecule has 0 aromatic rings. The van der Waals surface area contributed by atoms with E-state index in [2.05, 4.69) is 39.5 Å². The summed E-state index contributed by atoms with van der Waals surface area (Å²) in [5.74, 6) is 0. The number of hydrogen-bond donors (Lipinski definition) is 0. The third kappa shape index (κ3) is 22.0. The minimum Gasteiger partial charge on any atom is -0.298 e. The summed E-state index contributed by atoms with van der Waals surface area (Å²) >= 11 is 0. The zero-order valence-corrected chi connectivity index (χ0v) is 26.5. The molecule has 0 N–H and O–H groups in total. The number of unbranched alkanes of at least 4 members (excludes halogenated alkanes) is 21. The quantitative estimate of drug-likeness (QED) is 0.0873. The molecule has 0 heterocycles. The fourth-order valence-corrected chi connectivity index (χ4v) is 6.01. The number of nitrogens with zero attached hydrogens (tertiary/aromatic N) is 1. The van der Waals surface area contributed by atoms with Gasteiger partial charge in [0.2, 0.25) is 0 Å². The minimum atomic E-state index is 0.432. The second-order valence-electron chi connectivity index (χ2n) is 12.4. The standard InChI is InChI=1S/C35H73N/c1-6-10-14-18-22-24-28-32-35(5,31-27-23-19-15-11-7-2)36(33-29-25-20-16-12-8-3)34-30-26-21-17-13-9-4/h6-34H2,1-5H3. The van der Waals surface area contributed by atoms with Crippen LogP contribution in [-0.4, -0.2) is 23.5 Å². The van der Waals surface area contributed by atoms with E-state index >= 15 is 0 Å². The van der Waals surface area contributed by atoms with Crippen LogP contribution in [0.5, 0.6) is 0 Å². The summed E-state index contributed by atoms with van der Waals surface area (Å²) in [6.07, 6.45) is 38.6. The molecule has 0 aliphatic heterocycles. The molecule has 0 radical (unpaired) electrons. The average Bonchev–Trinajstić information content (AvgIpc) is 2.88. The lowest BCUT2D eigenvalue weighted by molar-refractivity contribution is 0.0752. The van der Waals surface area contributed by atoms with Gasteiger partial charge in [-0.05, 0) is 45.7 Å². The van der Waals surface area contributed by atoms with Crippen LogP contribution in [-0.2, 0) is 0 Å². The van der Waals surface area contributed by atoms with Gasteiger partial charge < -0.3 is 0 Å². The van der Waals surface area contributed by atoms with Crippen molar-refractivity contribution in [1.82, 2.24) is 4.90 Å². The molecule has 1 heteroatoms. The highest BCUT2D eigenvalue weighted by atomic mass is 15.2. The van der Waals surface area contributed by atoms with Gasteiger partial charge in [0.05, 0.1) is 0 Å². The van der Waals surface area contributed by atoms with E-state index in [9.17, 15) is 0 Å². The fourth-order valence-electron chi connectivity index (χ4n) is 6.01. The molecule has 0 fully saturated rings. The Morgan fingerprint density at radius 1 is 0.333 bits per heavy atom. The molecular weight excluding hydrogens is 434 g/mol. The monoisotopic (exact) mass is 508 g/mol. The first-order valence-electron chi connectivity index (χ1n) is 17.4. The maximum Gasteiger partial charge on any atom is 0.0181 e. The van der Waals surface area contributed by atoms with Crippen molar-refractivity contribution in [3.05, 3.63) is 0 Å². The average molecular weight is 508 g/mol. The first kappa shape index (κ1) is 36.0. The van der Waals surface area contributed by atoms with Crippen molar-refractivity contribution in [2.75, 3.05) is 13.1 Å². The first-order chi connectivity index (χ1) is 17.6. The molecule has 0 aromatic carbocycles. The zero-order valence-electron chi connectivity index (χ0n) is 26.5. The Labute approximate surface area is 231 Å². The molecule has 0 saturated heterocycles. The number of rotatable bonds is 30. The van der Waals surface area contributed by atoms with E-state index in [0.717, 1.165) is 0 Å². The van der Waals surface area contributed by atoms with Crippen molar-refractivity contribution < 1.29 is 0 Å². The van der Waals surface area contributed by atoms with E-state index in [1.54, 1.807) is 0 Å². The lowest BCUT2D eigenvalue weighted by Gasteiger charge is -2.42. The summed E-state index contributed by atoms with van der Waals surface area (Å²) in [5, 5.41) is 0. The molecule has 0 bridgehead atoms. The van der Waals surface area contributed by atoms with Crippen LogP contribution in [0.2, 0.25) is 0 Å². The highest BCUT2D eigenvalue weighted by molar-refractivity contribution is 4.86.